The molecule has 0 radical (unpaired) electrons. The van der Waals surface area contributed by atoms with E-state index in [-0.39, 0.29) is 12.1 Å². The minimum absolute atomic E-state index is 0.159. The molecule has 2 aliphatic carbocycles. The number of hydroxylamine groups is 2. The third kappa shape index (κ3) is 5.09. The molecular formula is C14H24N2O4. The highest BCUT2D eigenvalue weighted by Crippen LogP contribution is 2.18. The average molecular weight is 284 g/mol. The van der Waals surface area contributed by atoms with Gasteiger partial charge in [0.25, 0.3) is 0 Å². The molecule has 0 aromatic rings. The Kier molecular flexibility index (Phi) is 6.26. The summed E-state index contributed by atoms with van der Waals surface area (Å²) in [6, 6.07) is 0.318. The Morgan fingerprint density at radius 2 is 1.00 bits per heavy atom. The van der Waals surface area contributed by atoms with Crippen LogP contribution in [-0.2, 0) is 19.3 Å². The van der Waals surface area contributed by atoms with E-state index in [4.69, 9.17) is 9.68 Å². The van der Waals surface area contributed by atoms with Gasteiger partial charge in [-0.15, -0.1) is 11.0 Å². The third-order valence-electron chi connectivity index (χ3n) is 4.01. The van der Waals surface area contributed by atoms with Gasteiger partial charge in [0.2, 0.25) is 0 Å². The first-order chi connectivity index (χ1) is 9.75. The molecule has 6 heteroatoms. The maximum absolute atomic E-state index is 11.5. The van der Waals surface area contributed by atoms with Crippen molar-refractivity contribution in [3.8, 4) is 0 Å². The third-order valence-corrected chi connectivity index (χ3v) is 4.01. The van der Waals surface area contributed by atoms with E-state index in [1.54, 1.807) is 0 Å². The largest absolute Gasteiger partial charge is 0.437 e. The van der Waals surface area contributed by atoms with Crippen LogP contribution in [0.5, 0.6) is 0 Å². The van der Waals surface area contributed by atoms with Crippen molar-refractivity contribution in [1.29, 1.82) is 0 Å². The van der Waals surface area contributed by atoms with Gasteiger partial charge >= 0.3 is 11.9 Å². The highest BCUT2D eigenvalue weighted by molar-refractivity contribution is 6.29. The van der Waals surface area contributed by atoms with Crippen LogP contribution in [-0.4, -0.2) is 24.0 Å². The van der Waals surface area contributed by atoms with Crippen molar-refractivity contribution in [2.45, 2.75) is 76.3 Å². The summed E-state index contributed by atoms with van der Waals surface area (Å²) in [5, 5.41) is 0. The number of hydrogen-bond acceptors (Lipinski definition) is 6. The topological polar surface area (TPSA) is 76.7 Å². The summed E-state index contributed by atoms with van der Waals surface area (Å²) in [5.41, 5.74) is 5.32. The van der Waals surface area contributed by atoms with Gasteiger partial charge in [-0.05, 0) is 25.7 Å². The van der Waals surface area contributed by atoms with E-state index in [2.05, 4.69) is 11.0 Å². The molecule has 2 N–H and O–H groups in total. The van der Waals surface area contributed by atoms with Gasteiger partial charge < -0.3 is 9.68 Å². The van der Waals surface area contributed by atoms with E-state index < -0.39 is 11.9 Å². The predicted molar refractivity (Wildman–Crippen MR) is 72.2 cm³/mol. The van der Waals surface area contributed by atoms with E-state index in [1.165, 1.54) is 12.8 Å². The van der Waals surface area contributed by atoms with Crippen molar-refractivity contribution < 1.29 is 19.3 Å². The number of carbonyl (C=O) groups excluding carboxylic acids is 2. The smallest absolute Gasteiger partial charge is 0.362 e. The highest BCUT2D eigenvalue weighted by Gasteiger charge is 2.23. The Hall–Kier alpha value is -1.14. The number of carbonyl (C=O) groups is 2. The molecule has 0 bridgehead atoms. The molecule has 2 aliphatic rings. The van der Waals surface area contributed by atoms with Crippen LogP contribution in [0.25, 0.3) is 0 Å². The fourth-order valence-electron chi connectivity index (χ4n) is 2.80. The van der Waals surface area contributed by atoms with Crippen molar-refractivity contribution in [2.24, 2.45) is 0 Å². The standard InChI is InChI=1S/C14H24N2O4/c17-13(19-15-11-7-3-1-4-8-11)14(18)20-16-12-9-5-2-6-10-12/h11-12,15-16H,1-10H2. The lowest BCUT2D eigenvalue weighted by Crippen LogP contribution is -2.39. The molecule has 2 fully saturated rings. The van der Waals surface area contributed by atoms with Crippen molar-refractivity contribution >= 4 is 11.9 Å². The van der Waals surface area contributed by atoms with E-state index in [9.17, 15) is 9.59 Å². The van der Waals surface area contributed by atoms with Crippen LogP contribution in [0, 0.1) is 0 Å². The first kappa shape index (κ1) is 15.3. The van der Waals surface area contributed by atoms with Gasteiger partial charge in [0, 0.05) is 12.1 Å². The van der Waals surface area contributed by atoms with Gasteiger partial charge in [-0.1, -0.05) is 38.5 Å². The van der Waals surface area contributed by atoms with E-state index in [1.807, 2.05) is 0 Å². The normalized spacial score (nSPS) is 21.4. The first-order valence-electron chi connectivity index (χ1n) is 7.69. The van der Waals surface area contributed by atoms with Crippen molar-refractivity contribution in [3.63, 3.8) is 0 Å². The maximum atomic E-state index is 11.5. The van der Waals surface area contributed by atoms with Gasteiger partial charge in [-0.3, -0.25) is 0 Å². The predicted octanol–water partition coefficient (Wildman–Crippen LogP) is 1.75. The Morgan fingerprint density at radius 1 is 0.650 bits per heavy atom. The Bertz CT molecular complexity index is 291. The SMILES string of the molecule is O=C(ONC1CCCCC1)C(=O)ONC1CCCCC1. The lowest BCUT2D eigenvalue weighted by molar-refractivity contribution is -0.179. The maximum Gasteiger partial charge on any atom is 0.437 e. The van der Waals surface area contributed by atoms with Crippen molar-refractivity contribution in [2.75, 3.05) is 0 Å². The highest BCUT2D eigenvalue weighted by atomic mass is 16.7. The first-order valence-corrected chi connectivity index (χ1v) is 7.69. The molecule has 2 saturated carbocycles. The minimum Gasteiger partial charge on any atom is -0.362 e. The van der Waals surface area contributed by atoms with Gasteiger partial charge in [0.15, 0.2) is 0 Å². The summed E-state index contributed by atoms with van der Waals surface area (Å²) in [6.45, 7) is 0. The summed E-state index contributed by atoms with van der Waals surface area (Å²) in [4.78, 5) is 32.5. The molecule has 0 aromatic carbocycles. The molecule has 0 aromatic heterocycles. The fourth-order valence-corrected chi connectivity index (χ4v) is 2.80. The van der Waals surface area contributed by atoms with Crippen LogP contribution in [0.4, 0.5) is 0 Å². The van der Waals surface area contributed by atoms with Gasteiger partial charge in [0.05, 0.1) is 0 Å². The van der Waals surface area contributed by atoms with Crippen molar-refractivity contribution in [1.82, 2.24) is 11.0 Å². The molecule has 0 atom stereocenters. The molecule has 0 heterocycles. The van der Waals surface area contributed by atoms with E-state index in [0.717, 1.165) is 51.4 Å². The molecule has 6 nitrogen and oxygen atoms in total. The molecule has 114 valence electrons. The summed E-state index contributed by atoms with van der Waals surface area (Å²) in [5.74, 6) is -1.97. The van der Waals surface area contributed by atoms with Crippen LogP contribution >= 0.6 is 0 Å². The molecule has 2 rings (SSSR count). The summed E-state index contributed by atoms with van der Waals surface area (Å²) in [6.07, 6.45) is 10.9. The van der Waals surface area contributed by atoms with Crippen molar-refractivity contribution in [3.05, 3.63) is 0 Å². The molecule has 0 aliphatic heterocycles. The lowest BCUT2D eigenvalue weighted by Gasteiger charge is -2.22. The summed E-state index contributed by atoms with van der Waals surface area (Å²) >= 11 is 0. The zero-order valence-electron chi connectivity index (χ0n) is 11.9. The quantitative estimate of drug-likeness (QED) is 0.605. The van der Waals surface area contributed by atoms with Gasteiger partial charge in [0.1, 0.15) is 0 Å². The van der Waals surface area contributed by atoms with E-state index >= 15 is 0 Å². The average Bonchev–Trinajstić information content (AvgIpc) is 2.52. The second-order valence-corrected chi connectivity index (χ2v) is 5.68. The number of rotatable bonds is 4. The molecule has 0 amide bonds. The molecule has 20 heavy (non-hydrogen) atoms. The second-order valence-electron chi connectivity index (χ2n) is 5.68. The molecule has 0 saturated heterocycles. The number of hydrogen-bond donors (Lipinski definition) is 2. The van der Waals surface area contributed by atoms with Crippen LogP contribution in [0.3, 0.4) is 0 Å². The van der Waals surface area contributed by atoms with Gasteiger partial charge in [-0.2, -0.15) is 0 Å². The fraction of sp³-hybridized carbons (Fsp3) is 0.857. The summed E-state index contributed by atoms with van der Waals surface area (Å²) < 4.78 is 0. The van der Waals surface area contributed by atoms with Crippen LogP contribution in [0.2, 0.25) is 0 Å². The Morgan fingerprint density at radius 3 is 1.35 bits per heavy atom. The van der Waals surface area contributed by atoms with Crippen LogP contribution in [0.15, 0.2) is 0 Å². The number of nitrogens with one attached hydrogen (secondary N) is 2. The molecule has 0 spiro atoms. The molecule has 0 unspecified atom stereocenters. The van der Waals surface area contributed by atoms with Crippen LogP contribution in [0.1, 0.15) is 64.2 Å². The second kappa shape index (κ2) is 8.21. The lowest BCUT2D eigenvalue weighted by atomic mass is 9.96. The Balaban J connectivity index is 1.59. The zero-order valence-corrected chi connectivity index (χ0v) is 11.9. The minimum atomic E-state index is -0.987. The molecular weight excluding hydrogens is 260 g/mol. The monoisotopic (exact) mass is 284 g/mol. The van der Waals surface area contributed by atoms with E-state index in [0.29, 0.717) is 0 Å². The summed E-state index contributed by atoms with van der Waals surface area (Å²) in [7, 11) is 0. The Labute approximate surface area is 119 Å². The van der Waals surface area contributed by atoms with Crippen LogP contribution < -0.4 is 11.0 Å². The zero-order chi connectivity index (χ0) is 14.2. The van der Waals surface area contributed by atoms with Gasteiger partial charge in [-0.25, -0.2) is 9.59 Å².